The fraction of sp³-hybridized carbons (Fsp3) is 0.125. The van der Waals surface area contributed by atoms with E-state index in [0.29, 0.717) is 23.1 Å². The standard InChI is InChI=1S/C48H37F2N4O.Pt/c1-30(2)32-16-19-38(41(25-32)31(3)4)33-23-35(52-29-53(46-14-8-7-13-45(46)52)44-21-17-34(49)26-42(44)50)27-37(24-33)55-36-18-20-40-39-11-5-6-12-43(39)54(47(40)28-36)48-15-9-10-22-51-48;/h5-26,29-31H,1-4H3;/q-3;. The number of rotatable bonds is 8. The quantitative estimate of drug-likeness (QED) is 0.142. The van der Waals surface area contributed by atoms with Crippen LogP contribution in [-0.4, -0.2) is 9.55 Å². The van der Waals surface area contributed by atoms with E-state index in [2.05, 4.69) is 91.8 Å². The predicted molar refractivity (Wildman–Crippen MR) is 218 cm³/mol. The molecule has 0 N–H and O–H groups in total. The molecule has 0 saturated heterocycles. The fourth-order valence-electron chi connectivity index (χ4n) is 7.50. The molecule has 0 aliphatic carbocycles. The molecule has 0 bridgehead atoms. The minimum absolute atomic E-state index is 0. The topological polar surface area (TPSA) is 33.5 Å². The number of hydrogen-bond acceptors (Lipinski definition) is 4. The van der Waals surface area contributed by atoms with Crippen molar-refractivity contribution < 1.29 is 34.6 Å². The van der Waals surface area contributed by atoms with Crippen LogP contribution in [0.15, 0.2) is 134 Å². The number of para-hydroxylation sites is 3. The first-order valence-corrected chi connectivity index (χ1v) is 18.5. The maximum atomic E-state index is 15.3. The van der Waals surface area contributed by atoms with E-state index in [1.807, 2.05) is 78.3 Å². The summed E-state index contributed by atoms with van der Waals surface area (Å²) in [6, 6.07) is 47.4. The zero-order valence-corrected chi connectivity index (χ0v) is 33.5. The summed E-state index contributed by atoms with van der Waals surface area (Å²) < 4.78 is 38.1. The number of nitrogens with zero attached hydrogens (tertiary/aromatic N) is 4. The maximum Gasteiger partial charge on any atom is 0.147 e. The molecule has 6 aromatic carbocycles. The molecule has 0 unspecified atom stereocenters. The summed E-state index contributed by atoms with van der Waals surface area (Å²) in [5.74, 6) is 1.14. The third kappa shape index (κ3) is 6.64. The van der Waals surface area contributed by atoms with E-state index in [-0.39, 0.29) is 32.7 Å². The monoisotopic (exact) mass is 918 g/mol. The maximum absolute atomic E-state index is 15.3. The second-order valence-electron chi connectivity index (χ2n) is 14.4. The summed E-state index contributed by atoms with van der Waals surface area (Å²) in [5, 5.41) is 2.13. The Morgan fingerprint density at radius 1 is 0.661 bits per heavy atom. The van der Waals surface area contributed by atoms with Gasteiger partial charge >= 0.3 is 0 Å². The van der Waals surface area contributed by atoms with Crippen LogP contribution in [0.3, 0.4) is 0 Å². The van der Waals surface area contributed by atoms with Gasteiger partial charge < -0.3 is 19.1 Å². The van der Waals surface area contributed by atoms with E-state index in [1.165, 1.54) is 23.3 Å². The van der Waals surface area contributed by atoms with E-state index >= 15 is 4.39 Å². The Kier molecular flexibility index (Phi) is 9.98. The Labute approximate surface area is 340 Å². The average molecular weight is 919 g/mol. The Hall–Kier alpha value is -5.78. The molecule has 1 aliphatic rings. The predicted octanol–water partition coefficient (Wildman–Crippen LogP) is 13.2. The molecule has 0 atom stereocenters. The van der Waals surface area contributed by atoms with Gasteiger partial charge in [0.05, 0.1) is 0 Å². The number of pyridine rings is 1. The zero-order chi connectivity index (χ0) is 37.8. The summed E-state index contributed by atoms with van der Waals surface area (Å²) >= 11 is 0. The van der Waals surface area contributed by atoms with Gasteiger partial charge in [0, 0.05) is 67.4 Å². The van der Waals surface area contributed by atoms with Crippen molar-refractivity contribution in [2.24, 2.45) is 0 Å². The number of fused-ring (bicyclic) bond motifs is 4. The molecule has 0 radical (unpaired) electrons. The van der Waals surface area contributed by atoms with Crippen molar-refractivity contribution in [1.29, 1.82) is 0 Å². The van der Waals surface area contributed by atoms with Crippen LogP contribution < -0.4 is 14.5 Å². The Balaban J connectivity index is 0.00000441. The number of halogens is 2. The summed E-state index contributed by atoms with van der Waals surface area (Å²) in [4.78, 5) is 8.38. The minimum Gasteiger partial charge on any atom is -0.509 e. The molecule has 5 nitrogen and oxygen atoms in total. The molecule has 0 spiro atoms. The number of aromatic nitrogens is 2. The summed E-state index contributed by atoms with van der Waals surface area (Å²) in [5.41, 5.74) is 8.90. The molecular weight excluding hydrogens is 882 g/mol. The first kappa shape index (κ1) is 37.2. The molecule has 1 aliphatic heterocycles. The zero-order valence-electron chi connectivity index (χ0n) is 31.2. The van der Waals surface area contributed by atoms with E-state index in [9.17, 15) is 4.39 Å². The SMILES string of the molecule is CC(C)c1ccc(-c2cc(Oc3[c-]c4c(cc3)c3ccccc3n4-c3ccccn3)[c-]c(N3[CH-]N(c4ccc(F)cc4F)c4ccccc43)c2)c(C(C)C)c1.[Pt]. The second kappa shape index (κ2) is 15.0. The molecule has 0 amide bonds. The van der Waals surface area contributed by atoms with Crippen LogP contribution in [0.5, 0.6) is 11.5 Å². The van der Waals surface area contributed by atoms with Gasteiger partial charge in [0.1, 0.15) is 17.5 Å². The second-order valence-corrected chi connectivity index (χ2v) is 14.4. The van der Waals surface area contributed by atoms with Gasteiger partial charge in [-0.1, -0.05) is 87.8 Å². The van der Waals surface area contributed by atoms with Crippen LogP contribution in [-0.2, 0) is 21.1 Å². The summed E-state index contributed by atoms with van der Waals surface area (Å²) in [7, 11) is 0. The third-order valence-electron chi connectivity index (χ3n) is 10.2. The Morgan fingerprint density at radius 2 is 1.43 bits per heavy atom. The van der Waals surface area contributed by atoms with Gasteiger partial charge in [-0.2, -0.15) is 6.07 Å². The minimum atomic E-state index is -0.657. The summed E-state index contributed by atoms with van der Waals surface area (Å²) in [6.07, 6.45) is 1.79. The molecule has 282 valence electrons. The van der Waals surface area contributed by atoms with E-state index in [0.717, 1.165) is 56.2 Å². The molecule has 56 heavy (non-hydrogen) atoms. The fourth-order valence-corrected chi connectivity index (χ4v) is 7.50. The molecular formula is C48H37F2N4OPt-3. The van der Waals surface area contributed by atoms with Crippen molar-refractivity contribution in [1.82, 2.24) is 9.55 Å². The van der Waals surface area contributed by atoms with Gasteiger partial charge in [-0.3, -0.25) is 0 Å². The molecule has 9 rings (SSSR count). The van der Waals surface area contributed by atoms with Crippen LogP contribution in [0, 0.1) is 30.4 Å². The molecule has 3 heterocycles. The van der Waals surface area contributed by atoms with Gasteiger partial charge in [-0.15, -0.1) is 53.6 Å². The largest absolute Gasteiger partial charge is 0.509 e. The molecule has 0 fully saturated rings. The van der Waals surface area contributed by atoms with Crippen molar-refractivity contribution >= 4 is 44.6 Å². The number of benzene rings is 6. The average Bonchev–Trinajstić information content (AvgIpc) is 3.74. The molecule has 8 heteroatoms. The Morgan fingerprint density at radius 3 is 2.18 bits per heavy atom. The Bertz CT molecular complexity index is 2730. The third-order valence-corrected chi connectivity index (χ3v) is 10.2. The van der Waals surface area contributed by atoms with Crippen molar-refractivity contribution in [3.8, 4) is 28.4 Å². The van der Waals surface area contributed by atoms with Gasteiger partial charge in [-0.05, 0) is 76.4 Å². The van der Waals surface area contributed by atoms with E-state index < -0.39 is 11.6 Å². The first-order valence-electron chi connectivity index (χ1n) is 18.5. The molecule has 2 aromatic heterocycles. The first-order chi connectivity index (χ1) is 26.7. The molecule has 0 saturated carbocycles. The van der Waals surface area contributed by atoms with Gasteiger partial charge in [-0.25, -0.2) is 13.8 Å². The normalized spacial score (nSPS) is 12.5. The van der Waals surface area contributed by atoms with Crippen LogP contribution in [0.1, 0.15) is 50.7 Å². The van der Waals surface area contributed by atoms with E-state index in [1.54, 1.807) is 11.1 Å². The van der Waals surface area contributed by atoms with Gasteiger partial charge in [0.25, 0.3) is 0 Å². The van der Waals surface area contributed by atoms with Crippen molar-refractivity contribution in [3.63, 3.8) is 0 Å². The van der Waals surface area contributed by atoms with Gasteiger partial charge in [0.15, 0.2) is 0 Å². The van der Waals surface area contributed by atoms with Crippen LogP contribution in [0.25, 0.3) is 38.8 Å². The van der Waals surface area contributed by atoms with Gasteiger partial charge in [0.2, 0.25) is 0 Å². The van der Waals surface area contributed by atoms with Crippen molar-refractivity contribution in [2.45, 2.75) is 39.5 Å². The van der Waals surface area contributed by atoms with E-state index in [4.69, 9.17) is 4.74 Å². The van der Waals surface area contributed by atoms with Crippen molar-refractivity contribution in [3.05, 3.63) is 175 Å². The van der Waals surface area contributed by atoms with Crippen LogP contribution in [0.4, 0.5) is 31.5 Å². The number of ether oxygens (including phenoxy) is 1. The molecule has 8 aromatic rings. The summed E-state index contributed by atoms with van der Waals surface area (Å²) in [6.45, 7) is 10.6. The number of anilines is 4. The van der Waals surface area contributed by atoms with Crippen molar-refractivity contribution in [2.75, 3.05) is 9.80 Å². The van der Waals surface area contributed by atoms with Crippen LogP contribution in [0.2, 0.25) is 0 Å². The number of hydrogen-bond donors (Lipinski definition) is 0. The smallest absolute Gasteiger partial charge is 0.147 e. The van der Waals surface area contributed by atoms with Crippen LogP contribution >= 0.6 is 0 Å².